The van der Waals surface area contributed by atoms with Crippen molar-refractivity contribution in [1.82, 2.24) is 24.8 Å². The molecule has 0 radical (unpaired) electrons. The second-order valence-electron chi connectivity index (χ2n) is 9.10. The topological polar surface area (TPSA) is 81.5 Å². The fraction of sp³-hybridized carbons (Fsp3) is 0.458. The first kappa shape index (κ1) is 23.9. The van der Waals surface area contributed by atoms with Gasteiger partial charge < -0.3 is 19.4 Å². The van der Waals surface area contributed by atoms with Crippen molar-refractivity contribution in [3.8, 4) is 11.5 Å². The lowest BCUT2D eigenvalue weighted by molar-refractivity contribution is 0.0969. The summed E-state index contributed by atoms with van der Waals surface area (Å²) in [5, 5.41) is 3.28. The van der Waals surface area contributed by atoms with Crippen molar-refractivity contribution in [2.24, 2.45) is 0 Å². The summed E-state index contributed by atoms with van der Waals surface area (Å²) in [6.45, 7) is 3.27. The molecule has 186 valence electrons. The largest absolute Gasteiger partial charge is 0.486 e. The molecule has 0 saturated carbocycles. The lowest BCUT2D eigenvalue weighted by Crippen LogP contribution is -2.51. The zero-order chi connectivity index (χ0) is 23.2. The molecule has 11 heteroatoms. The van der Waals surface area contributed by atoms with Crippen molar-refractivity contribution < 1.29 is 18.3 Å². The molecule has 0 amide bonds. The molecule has 0 aromatic carbocycles. The van der Waals surface area contributed by atoms with Crippen LogP contribution in [0.1, 0.15) is 23.6 Å². The lowest BCUT2D eigenvalue weighted by Gasteiger charge is -2.36. The Labute approximate surface area is 206 Å². The van der Waals surface area contributed by atoms with E-state index in [4.69, 9.17) is 9.47 Å². The van der Waals surface area contributed by atoms with E-state index in [1.807, 2.05) is 11.0 Å². The number of piperidine rings is 1. The molecule has 1 N–H and O–H groups in total. The number of aromatic nitrogens is 3. The Balaban J connectivity index is 0.00000253. The highest BCUT2D eigenvalue weighted by Crippen LogP contribution is 2.35. The molecule has 6 rings (SSSR count). The molecule has 0 aliphatic carbocycles. The highest BCUT2D eigenvalue weighted by molar-refractivity contribution is 5.85. The molecule has 3 atom stereocenters. The van der Waals surface area contributed by atoms with Crippen LogP contribution in [0.25, 0.3) is 11.0 Å². The molecule has 0 spiro atoms. The minimum atomic E-state index is -1.07. The SMILES string of the molecule is Cl.O=c1ccc2ncc(F)c3c2n1CC3CN1CC[C@@H](NCc2cc3c(cn2)OCCO3)[C@@H](F)C1. The van der Waals surface area contributed by atoms with Crippen LogP contribution in [0.3, 0.4) is 0 Å². The molecular formula is C24H26ClF2N5O3. The van der Waals surface area contributed by atoms with E-state index in [2.05, 4.69) is 15.3 Å². The van der Waals surface area contributed by atoms with E-state index in [0.717, 1.165) is 5.69 Å². The van der Waals surface area contributed by atoms with E-state index < -0.39 is 12.0 Å². The van der Waals surface area contributed by atoms with E-state index in [-0.39, 0.29) is 36.5 Å². The number of pyridine rings is 3. The summed E-state index contributed by atoms with van der Waals surface area (Å²) in [6, 6.07) is 4.63. The molecular weight excluding hydrogens is 480 g/mol. The summed E-state index contributed by atoms with van der Waals surface area (Å²) >= 11 is 0. The van der Waals surface area contributed by atoms with E-state index in [1.54, 1.807) is 16.8 Å². The Morgan fingerprint density at radius 1 is 1.11 bits per heavy atom. The van der Waals surface area contributed by atoms with Crippen LogP contribution in [0.4, 0.5) is 8.78 Å². The third-order valence-corrected chi connectivity index (χ3v) is 6.94. The Morgan fingerprint density at radius 2 is 1.94 bits per heavy atom. The van der Waals surface area contributed by atoms with Crippen LogP contribution in [-0.4, -0.2) is 64.5 Å². The van der Waals surface area contributed by atoms with E-state index >= 15 is 4.39 Å². The third kappa shape index (κ3) is 4.46. The normalized spacial score (nSPS) is 23.3. The molecule has 6 heterocycles. The van der Waals surface area contributed by atoms with Gasteiger partial charge in [0.25, 0.3) is 5.56 Å². The smallest absolute Gasteiger partial charge is 0.251 e. The van der Waals surface area contributed by atoms with Gasteiger partial charge in [-0.15, -0.1) is 12.4 Å². The molecule has 3 aliphatic rings. The van der Waals surface area contributed by atoms with Crippen LogP contribution < -0.4 is 20.3 Å². The first-order valence-electron chi connectivity index (χ1n) is 11.6. The second kappa shape index (κ2) is 9.67. The van der Waals surface area contributed by atoms with Gasteiger partial charge in [-0.05, 0) is 19.0 Å². The summed E-state index contributed by atoms with van der Waals surface area (Å²) < 4.78 is 42.4. The Hall–Kier alpha value is -2.82. The number of hydrogen-bond donors (Lipinski definition) is 1. The first-order chi connectivity index (χ1) is 16.6. The molecule has 1 saturated heterocycles. The molecule has 8 nitrogen and oxygen atoms in total. The van der Waals surface area contributed by atoms with Crippen molar-refractivity contribution in [2.45, 2.75) is 37.6 Å². The fourth-order valence-corrected chi connectivity index (χ4v) is 5.29. The monoisotopic (exact) mass is 505 g/mol. The minimum Gasteiger partial charge on any atom is -0.486 e. The Kier molecular flexibility index (Phi) is 6.61. The summed E-state index contributed by atoms with van der Waals surface area (Å²) in [6.07, 6.45) is 2.41. The van der Waals surface area contributed by atoms with Crippen LogP contribution in [0.5, 0.6) is 11.5 Å². The van der Waals surface area contributed by atoms with Gasteiger partial charge in [-0.25, -0.2) is 8.78 Å². The molecule has 1 fully saturated rings. The van der Waals surface area contributed by atoms with Gasteiger partial charge in [0.15, 0.2) is 11.5 Å². The van der Waals surface area contributed by atoms with Crippen molar-refractivity contribution in [3.05, 3.63) is 58.0 Å². The zero-order valence-corrected chi connectivity index (χ0v) is 19.8. The summed E-state index contributed by atoms with van der Waals surface area (Å²) in [5.41, 5.74) is 2.30. The van der Waals surface area contributed by atoms with Crippen molar-refractivity contribution in [1.29, 1.82) is 0 Å². The number of fused-ring (bicyclic) bond motifs is 1. The Bertz CT molecular complexity index is 1310. The van der Waals surface area contributed by atoms with Crippen molar-refractivity contribution in [3.63, 3.8) is 0 Å². The number of ether oxygens (including phenoxy) is 2. The van der Waals surface area contributed by atoms with Gasteiger partial charge in [0, 0.05) is 55.8 Å². The minimum absolute atomic E-state index is 0. The number of alkyl halides is 1. The summed E-state index contributed by atoms with van der Waals surface area (Å²) in [5.74, 6) is 0.679. The maximum atomic E-state index is 15.1. The average Bonchev–Trinajstić information content (AvgIpc) is 3.23. The van der Waals surface area contributed by atoms with Gasteiger partial charge >= 0.3 is 0 Å². The molecule has 3 aromatic heterocycles. The third-order valence-electron chi connectivity index (χ3n) is 6.94. The Morgan fingerprint density at radius 3 is 2.77 bits per heavy atom. The van der Waals surface area contributed by atoms with Gasteiger partial charge in [-0.3, -0.25) is 19.7 Å². The fourth-order valence-electron chi connectivity index (χ4n) is 5.29. The van der Waals surface area contributed by atoms with Gasteiger partial charge in [-0.2, -0.15) is 0 Å². The first-order valence-corrected chi connectivity index (χ1v) is 11.6. The van der Waals surface area contributed by atoms with Crippen LogP contribution in [0.15, 0.2) is 35.4 Å². The molecule has 35 heavy (non-hydrogen) atoms. The van der Waals surface area contributed by atoms with E-state index in [1.165, 1.54) is 12.3 Å². The standard InChI is InChI=1S/C24H25F2N5O3.ClH/c25-16-9-29-19-1-2-22(32)31-12-14(23(16)24(19)31)11-30-4-3-18(17(26)13-30)28-8-15-7-20-21(10-27-15)34-6-5-33-20;/h1-2,7,9-10,14,17-18,28H,3-6,8,11-13H2;1H/t14?,17-,18+;/m0./s1. The molecule has 0 bridgehead atoms. The van der Waals surface area contributed by atoms with Crippen LogP contribution in [-0.2, 0) is 13.1 Å². The van der Waals surface area contributed by atoms with Crippen molar-refractivity contribution >= 4 is 23.4 Å². The number of likely N-dealkylation sites (tertiary alicyclic amines) is 1. The highest BCUT2D eigenvalue weighted by Gasteiger charge is 2.34. The number of rotatable bonds is 5. The van der Waals surface area contributed by atoms with Gasteiger partial charge in [-0.1, -0.05) is 0 Å². The predicted octanol–water partition coefficient (Wildman–Crippen LogP) is 2.42. The number of hydrogen-bond acceptors (Lipinski definition) is 7. The molecule has 1 unspecified atom stereocenters. The van der Waals surface area contributed by atoms with Gasteiger partial charge in [0.2, 0.25) is 0 Å². The number of nitrogens with zero attached hydrogens (tertiary/aromatic N) is 4. The van der Waals surface area contributed by atoms with E-state index in [9.17, 15) is 9.18 Å². The van der Waals surface area contributed by atoms with Crippen LogP contribution in [0, 0.1) is 5.82 Å². The van der Waals surface area contributed by atoms with Gasteiger partial charge in [0.1, 0.15) is 25.2 Å². The predicted molar refractivity (Wildman–Crippen MR) is 128 cm³/mol. The second-order valence-corrected chi connectivity index (χ2v) is 9.10. The zero-order valence-electron chi connectivity index (χ0n) is 19.0. The summed E-state index contributed by atoms with van der Waals surface area (Å²) in [4.78, 5) is 22.8. The maximum absolute atomic E-state index is 15.1. The number of halogens is 3. The summed E-state index contributed by atoms with van der Waals surface area (Å²) in [7, 11) is 0. The average molecular weight is 506 g/mol. The van der Waals surface area contributed by atoms with Crippen molar-refractivity contribution in [2.75, 3.05) is 32.8 Å². The van der Waals surface area contributed by atoms with Gasteiger partial charge in [0.05, 0.1) is 29.1 Å². The number of nitrogens with one attached hydrogen (secondary N) is 1. The maximum Gasteiger partial charge on any atom is 0.251 e. The lowest BCUT2D eigenvalue weighted by atomic mass is 9.97. The van der Waals surface area contributed by atoms with Crippen LogP contribution in [0.2, 0.25) is 0 Å². The molecule has 3 aliphatic heterocycles. The highest BCUT2D eigenvalue weighted by atomic mass is 35.5. The van der Waals surface area contributed by atoms with E-state index in [0.29, 0.717) is 73.9 Å². The molecule has 3 aromatic rings. The van der Waals surface area contributed by atoms with Crippen LogP contribution >= 0.6 is 12.4 Å². The quantitative estimate of drug-likeness (QED) is 0.570.